The van der Waals surface area contributed by atoms with Gasteiger partial charge in [0.05, 0.1) is 11.6 Å². The molecular formula is C5H11N3. The van der Waals surface area contributed by atoms with Crippen LogP contribution < -0.4 is 5.43 Å². The molecular weight excluding hydrogens is 102 g/mol. The van der Waals surface area contributed by atoms with Crippen LogP contribution in [0.1, 0.15) is 20.8 Å². The van der Waals surface area contributed by atoms with Crippen LogP contribution in [0.3, 0.4) is 0 Å². The zero-order valence-electron chi connectivity index (χ0n) is 5.47. The molecule has 1 heterocycles. The van der Waals surface area contributed by atoms with Crippen LogP contribution >= 0.6 is 0 Å². The predicted octanol–water partition coefficient (Wildman–Crippen LogP) is 1.12. The van der Waals surface area contributed by atoms with Crippen molar-refractivity contribution in [2.75, 3.05) is 0 Å². The van der Waals surface area contributed by atoms with Crippen molar-refractivity contribution >= 4 is 0 Å². The molecule has 0 aromatic rings. The van der Waals surface area contributed by atoms with Crippen molar-refractivity contribution in [2.45, 2.75) is 32.4 Å². The Balaban J connectivity index is 2.64. The van der Waals surface area contributed by atoms with Crippen molar-refractivity contribution in [3.8, 4) is 0 Å². The molecule has 3 nitrogen and oxygen atoms in total. The van der Waals surface area contributed by atoms with Crippen molar-refractivity contribution in [1.29, 1.82) is 0 Å². The van der Waals surface area contributed by atoms with E-state index < -0.39 is 0 Å². The smallest absolute Gasteiger partial charge is 0.0941 e. The number of hydrogen-bond acceptors (Lipinski definition) is 3. The Kier molecular flexibility index (Phi) is 0.994. The minimum absolute atomic E-state index is 0.0694. The summed E-state index contributed by atoms with van der Waals surface area (Å²) < 4.78 is 0. The zero-order chi connectivity index (χ0) is 6.20. The molecule has 8 heavy (non-hydrogen) atoms. The molecule has 0 bridgehead atoms. The van der Waals surface area contributed by atoms with Gasteiger partial charge in [-0.15, -0.1) is 0 Å². The Labute approximate surface area is 49.2 Å². The van der Waals surface area contributed by atoms with E-state index in [9.17, 15) is 0 Å². The third kappa shape index (κ3) is 0.680. The molecule has 0 saturated heterocycles. The summed E-state index contributed by atoms with van der Waals surface area (Å²) in [5.41, 5.74) is 2.97. The van der Waals surface area contributed by atoms with Crippen LogP contribution in [0.5, 0.6) is 0 Å². The maximum Gasteiger partial charge on any atom is 0.0941 e. The Hall–Kier alpha value is -0.600. The fraction of sp³-hybridized carbons (Fsp3) is 1.00. The van der Waals surface area contributed by atoms with E-state index in [2.05, 4.69) is 29.6 Å². The van der Waals surface area contributed by atoms with Gasteiger partial charge in [0, 0.05) is 0 Å². The van der Waals surface area contributed by atoms with E-state index in [1.54, 1.807) is 0 Å². The second kappa shape index (κ2) is 1.44. The third-order valence-corrected chi connectivity index (χ3v) is 1.61. The Morgan fingerprint density at radius 3 is 2.25 bits per heavy atom. The van der Waals surface area contributed by atoms with Crippen LogP contribution in [0.4, 0.5) is 0 Å². The van der Waals surface area contributed by atoms with Crippen LogP contribution in [-0.2, 0) is 0 Å². The fourth-order valence-corrected chi connectivity index (χ4v) is 0.482. The first-order valence-electron chi connectivity index (χ1n) is 2.80. The molecule has 1 atom stereocenters. The van der Waals surface area contributed by atoms with Gasteiger partial charge in [0.2, 0.25) is 0 Å². The van der Waals surface area contributed by atoms with Crippen molar-refractivity contribution in [3.05, 3.63) is 0 Å². The quantitative estimate of drug-likeness (QED) is 0.502. The first kappa shape index (κ1) is 5.54. The monoisotopic (exact) mass is 113 g/mol. The largest absolute Gasteiger partial charge is 0.284 e. The lowest BCUT2D eigenvalue weighted by molar-refractivity contribution is 0.400. The van der Waals surface area contributed by atoms with Crippen molar-refractivity contribution < 1.29 is 0 Å². The summed E-state index contributed by atoms with van der Waals surface area (Å²) in [6.45, 7) is 6.21. The van der Waals surface area contributed by atoms with Crippen LogP contribution in [0, 0.1) is 0 Å². The molecule has 46 valence electrons. The van der Waals surface area contributed by atoms with Crippen LogP contribution in [0.15, 0.2) is 10.3 Å². The lowest BCUT2D eigenvalue weighted by Crippen LogP contribution is -2.39. The van der Waals surface area contributed by atoms with Gasteiger partial charge < -0.3 is 0 Å². The highest BCUT2D eigenvalue weighted by atomic mass is 15.5. The molecule has 0 aromatic heterocycles. The lowest BCUT2D eigenvalue weighted by atomic mass is 9.99. The SMILES string of the molecule is CC1N=NNC1(C)C. The highest BCUT2D eigenvalue weighted by Gasteiger charge is 2.29. The van der Waals surface area contributed by atoms with Gasteiger partial charge in [0.1, 0.15) is 0 Å². The van der Waals surface area contributed by atoms with Gasteiger partial charge in [-0.3, -0.25) is 5.43 Å². The molecule has 1 N–H and O–H groups in total. The molecule has 0 fully saturated rings. The molecule has 0 saturated carbocycles. The first-order valence-corrected chi connectivity index (χ1v) is 2.80. The van der Waals surface area contributed by atoms with E-state index in [0.29, 0.717) is 6.04 Å². The van der Waals surface area contributed by atoms with E-state index in [4.69, 9.17) is 0 Å². The summed E-state index contributed by atoms with van der Waals surface area (Å²) >= 11 is 0. The van der Waals surface area contributed by atoms with Gasteiger partial charge in [-0.25, -0.2) is 0 Å². The van der Waals surface area contributed by atoms with Crippen molar-refractivity contribution in [3.63, 3.8) is 0 Å². The molecule has 0 aromatic carbocycles. The fourth-order valence-electron chi connectivity index (χ4n) is 0.482. The summed E-state index contributed by atoms with van der Waals surface area (Å²) in [5, 5.41) is 7.59. The molecule has 1 aliphatic rings. The summed E-state index contributed by atoms with van der Waals surface area (Å²) in [7, 11) is 0. The average Bonchev–Trinajstić information content (AvgIpc) is 1.86. The van der Waals surface area contributed by atoms with Gasteiger partial charge in [-0.2, -0.15) is 5.11 Å². The minimum atomic E-state index is 0.0694. The molecule has 0 amide bonds. The second-order valence-electron chi connectivity index (χ2n) is 2.72. The lowest BCUT2D eigenvalue weighted by Gasteiger charge is -2.19. The Morgan fingerprint density at radius 1 is 1.50 bits per heavy atom. The molecule has 0 aliphatic carbocycles. The molecule has 1 unspecified atom stereocenters. The number of hydrogen-bond donors (Lipinski definition) is 1. The standard InChI is InChI=1S/C5H11N3/c1-4-5(2,3)7-8-6-4/h4H,1-3H3,(H,6,7). The average molecular weight is 113 g/mol. The summed E-state index contributed by atoms with van der Waals surface area (Å²) in [4.78, 5) is 0. The Morgan fingerprint density at radius 2 is 2.12 bits per heavy atom. The molecule has 3 heteroatoms. The maximum absolute atomic E-state index is 3.90. The normalized spacial score (nSPS) is 32.6. The van der Waals surface area contributed by atoms with Crippen LogP contribution in [0.2, 0.25) is 0 Å². The predicted molar refractivity (Wildman–Crippen MR) is 31.5 cm³/mol. The highest BCUT2D eigenvalue weighted by molar-refractivity contribution is 4.89. The second-order valence-corrected chi connectivity index (χ2v) is 2.72. The third-order valence-electron chi connectivity index (χ3n) is 1.61. The molecule has 1 aliphatic heterocycles. The van der Waals surface area contributed by atoms with Gasteiger partial charge in [0.15, 0.2) is 0 Å². The Bertz CT molecular complexity index is 117. The number of rotatable bonds is 0. The van der Waals surface area contributed by atoms with Crippen LogP contribution in [0.25, 0.3) is 0 Å². The van der Waals surface area contributed by atoms with Crippen LogP contribution in [-0.4, -0.2) is 11.6 Å². The van der Waals surface area contributed by atoms with Crippen molar-refractivity contribution in [2.24, 2.45) is 10.3 Å². The van der Waals surface area contributed by atoms with E-state index in [1.165, 1.54) is 0 Å². The van der Waals surface area contributed by atoms with E-state index >= 15 is 0 Å². The first-order chi connectivity index (χ1) is 3.63. The van der Waals surface area contributed by atoms with E-state index in [-0.39, 0.29) is 5.54 Å². The minimum Gasteiger partial charge on any atom is -0.284 e. The summed E-state index contributed by atoms with van der Waals surface area (Å²) in [6.07, 6.45) is 0. The molecule has 0 radical (unpaired) electrons. The number of nitrogens with zero attached hydrogens (tertiary/aromatic N) is 2. The summed E-state index contributed by atoms with van der Waals surface area (Å²) in [5.74, 6) is 0. The molecule has 1 rings (SSSR count). The highest BCUT2D eigenvalue weighted by Crippen LogP contribution is 2.16. The van der Waals surface area contributed by atoms with Crippen molar-refractivity contribution in [1.82, 2.24) is 5.43 Å². The van der Waals surface area contributed by atoms with E-state index in [0.717, 1.165) is 0 Å². The van der Waals surface area contributed by atoms with Gasteiger partial charge in [-0.05, 0) is 20.8 Å². The van der Waals surface area contributed by atoms with Gasteiger partial charge in [0.25, 0.3) is 0 Å². The van der Waals surface area contributed by atoms with E-state index in [1.807, 2.05) is 6.92 Å². The molecule has 0 spiro atoms. The maximum atomic E-state index is 3.90. The summed E-state index contributed by atoms with van der Waals surface area (Å²) in [6, 6.07) is 0.308. The van der Waals surface area contributed by atoms with Gasteiger partial charge in [-0.1, -0.05) is 5.22 Å². The zero-order valence-corrected chi connectivity index (χ0v) is 5.47. The number of nitrogens with one attached hydrogen (secondary N) is 1. The van der Waals surface area contributed by atoms with Gasteiger partial charge >= 0.3 is 0 Å². The topological polar surface area (TPSA) is 36.8 Å².